The van der Waals surface area contributed by atoms with E-state index in [0.717, 1.165) is 21.4 Å². The summed E-state index contributed by atoms with van der Waals surface area (Å²) in [7, 11) is 5.64. The summed E-state index contributed by atoms with van der Waals surface area (Å²) < 4.78 is 2.56. The molecule has 0 spiro atoms. The summed E-state index contributed by atoms with van der Waals surface area (Å²) in [5.74, 6) is -1.02. The van der Waals surface area contributed by atoms with Gasteiger partial charge in [-0.05, 0) is 34.1 Å². The first-order valence-electron chi connectivity index (χ1n) is 5.64. The van der Waals surface area contributed by atoms with Crippen molar-refractivity contribution in [1.29, 1.82) is 0 Å². The normalized spacial score (nSPS) is 10.5. The zero-order valence-corrected chi connectivity index (χ0v) is 12.5. The zero-order valence-electron chi connectivity index (χ0n) is 10.9. The van der Waals surface area contributed by atoms with E-state index in [0.29, 0.717) is 0 Å². The molecule has 0 aliphatic heterocycles. The van der Waals surface area contributed by atoms with Crippen LogP contribution in [0.5, 0.6) is 0 Å². The molecule has 1 N–H and O–H groups in total. The van der Waals surface area contributed by atoms with E-state index in [1.165, 1.54) is 0 Å². The van der Waals surface area contributed by atoms with Crippen molar-refractivity contribution in [2.45, 2.75) is 0 Å². The lowest BCUT2D eigenvalue weighted by Gasteiger charge is -2.16. The Hall–Kier alpha value is -1.82. The highest BCUT2D eigenvalue weighted by molar-refractivity contribution is 9.10. The lowest BCUT2D eigenvalue weighted by Crippen LogP contribution is -2.09. The van der Waals surface area contributed by atoms with E-state index in [2.05, 4.69) is 21.0 Å². The smallest absolute Gasteiger partial charge is 0.356 e. The van der Waals surface area contributed by atoms with E-state index in [9.17, 15) is 4.79 Å². The van der Waals surface area contributed by atoms with E-state index in [1.54, 1.807) is 17.8 Å². The summed E-state index contributed by atoms with van der Waals surface area (Å²) in [5.41, 5.74) is 2.77. The first-order valence-corrected chi connectivity index (χ1v) is 6.44. The van der Waals surface area contributed by atoms with Crippen LogP contribution in [0.25, 0.3) is 11.3 Å². The highest BCUT2D eigenvalue weighted by Gasteiger charge is 2.14. The van der Waals surface area contributed by atoms with Crippen molar-refractivity contribution in [2.75, 3.05) is 19.0 Å². The second kappa shape index (κ2) is 5.05. The quantitative estimate of drug-likeness (QED) is 0.943. The maximum Gasteiger partial charge on any atom is 0.356 e. The summed E-state index contributed by atoms with van der Waals surface area (Å²) >= 11 is 3.49. The fourth-order valence-electron chi connectivity index (χ4n) is 1.86. The van der Waals surface area contributed by atoms with Crippen LogP contribution < -0.4 is 4.90 Å². The Morgan fingerprint density at radius 3 is 2.58 bits per heavy atom. The maximum atomic E-state index is 10.9. The van der Waals surface area contributed by atoms with Gasteiger partial charge in [0.1, 0.15) is 0 Å². The molecule has 2 rings (SSSR count). The third-order valence-electron chi connectivity index (χ3n) is 2.82. The van der Waals surface area contributed by atoms with Gasteiger partial charge in [-0.15, -0.1) is 0 Å². The van der Waals surface area contributed by atoms with Gasteiger partial charge in [-0.1, -0.05) is 6.07 Å². The van der Waals surface area contributed by atoms with Gasteiger partial charge < -0.3 is 10.0 Å². The lowest BCUT2D eigenvalue weighted by molar-refractivity contribution is 0.0689. The second-order valence-corrected chi connectivity index (χ2v) is 5.26. The molecule has 0 aliphatic rings. The van der Waals surface area contributed by atoms with Gasteiger partial charge in [0.15, 0.2) is 5.69 Å². The molecule has 0 unspecified atom stereocenters. The predicted octanol–water partition coefficient (Wildman–Crippen LogP) is 2.61. The van der Waals surface area contributed by atoms with Crippen molar-refractivity contribution in [1.82, 2.24) is 9.78 Å². The monoisotopic (exact) mass is 323 g/mol. The number of nitrogens with zero attached hydrogens (tertiary/aromatic N) is 3. The van der Waals surface area contributed by atoms with Crippen LogP contribution >= 0.6 is 15.9 Å². The molecule has 19 heavy (non-hydrogen) atoms. The molecule has 100 valence electrons. The van der Waals surface area contributed by atoms with Gasteiger partial charge in [0.25, 0.3) is 0 Å². The molecule has 0 amide bonds. The van der Waals surface area contributed by atoms with Crippen LogP contribution in [0.1, 0.15) is 10.5 Å². The van der Waals surface area contributed by atoms with E-state index in [4.69, 9.17) is 5.11 Å². The van der Waals surface area contributed by atoms with Crippen LogP contribution in [0.4, 0.5) is 5.69 Å². The van der Waals surface area contributed by atoms with Crippen LogP contribution in [-0.4, -0.2) is 35.0 Å². The number of aryl methyl sites for hydroxylation is 1. The van der Waals surface area contributed by atoms with Crippen LogP contribution in [0, 0.1) is 0 Å². The first kappa shape index (κ1) is 13.6. The number of carboxylic acids is 1. The Balaban J connectivity index is 2.53. The number of halogens is 1. The molecule has 0 saturated heterocycles. The maximum absolute atomic E-state index is 10.9. The van der Waals surface area contributed by atoms with Gasteiger partial charge in [0.2, 0.25) is 0 Å². The molecule has 5 nitrogen and oxygen atoms in total. The van der Waals surface area contributed by atoms with E-state index in [1.807, 2.05) is 37.2 Å². The number of hydrogen-bond acceptors (Lipinski definition) is 3. The molecule has 1 aromatic carbocycles. The van der Waals surface area contributed by atoms with Gasteiger partial charge in [-0.2, -0.15) is 5.10 Å². The lowest BCUT2D eigenvalue weighted by atomic mass is 10.1. The molecule has 0 atom stereocenters. The third kappa shape index (κ3) is 2.63. The molecule has 0 fully saturated rings. The minimum absolute atomic E-state index is 0.0480. The van der Waals surface area contributed by atoms with E-state index < -0.39 is 5.97 Å². The molecule has 6 heteroatoms. The number of anilines is 1. The first-order chi connectivity index (χ1) is 8.90. The van der Waals surface area contributed by atoms with Crippen molar-refractivity contribution < 1.29 is 9.90 Å². The molecular weight excluding hydrogens is 310 g/mol. The van der Waals surface area contributed by atoms with Gasteiger partial charge in [-0.3, -0.25) is 4.68 Å². The number of aromatic carboxylic acids is 1. The molecular formula is C13H14BrN3O2. The molecule has 1 heterocycles. The topological polar surface area (TPSA) is 58.4 Å². The van der Waals surface area contributed by atoms with Crippen molar-refractivity contribution >= 4 is 27.6 Å². The minimum atomic E-state index is -1.02. The van der Waals surface area contributed by atoms with E-state index >= 15 is 0 Å². The van der Waals surface area contributed by atoms with Crippen molar-refractivity contribution in [3.05, 3.63) is 34.4 Å². The van der Waals surface area contributed by atoms with Crippen LogP contribution in [0.15, 0.2) is 28.7 Å². The molecule has 1 aromatic heterocycles. The average Bonchev–Trinajstić information content (AvgIpc) is 2.72. The highest BCUT2D eigenvalue weighted by Crippen LogP contribution is 2.30. The standard InChI is InChI=1S/C13H14BrN3O2/c1-16(2)12-6-8(4-5-9(12)14)11-7-10(13(18)19)15-17(11)3/h4-7H,1-3H3,(H,18,19). The Morgan fingerprint density at radius 2 is 2.05 bits per heavy atom. The average molecular weight is 324 g/mol. The number of hydrogen-bond donors (Lipinski definition) is 1. The molecule has 0 saturated carbocycles. The second-order valence-electron chi connectivity index (χ2n) is 4.40. The zero-order chi connectivity index (χ0) is 14.2. The Morgan fingerprint density at radius 1 is 1.37 bits per heavy atom. The fraction of sp³-hybridized carbons (Fsp3) is 0.231. The molecule has 2 aromatic rings. The molecule has 0 bridgehead atoms. The predicted molar refractivity (Wildman–Crippen MR) is 77.6 cm³/mol. The van der Waals surface area contributed by atoms with Crippen molar-refractivity contribution in [3.8, 4) is 11.3 Å². The SMILES string of the molecule is CN(C)c1cc(-c2cc(C(=O)O)nn2C)ccc1Br. The van der Waals surface area contributed by atoms with Crippen molar-refractivity contribution in [3.63, 3.8) is 0 Å². The van der Waals surface area contributed by atoms with Gasteiger partial charge in [0.05, 0.1) is 11.4 Å². The number of aromatic nitrogens is 2. The van der Waals surface area contributed by atoms with Crippen LogP contribution in [-0.2, 0) is 7.05 Å². The van der Waals surface area contributed by atoms with E-state index in [-0.39, 0.29) is 5.69 Å². The highest BCUT2D eigenvalue weighted by atomic mass is 79.9. The summed E-state index contributed by atoms with van der Waals surface area (Å²) in [6.45, 7) is 0. The van der Waals surface area contributed by atoms with Gasteiger partial charge >= 0.3 is 5.97 Å². The number of carbonyl (C=O) groups is 1. The third-order valence-corrected chi connectivity index (χ3v) is 3.49. The Bertz CT molecular complexity index is 635. The number of rotatable bonds is 3. The Labute approximate surface area is 119 Å². The van der Waals surface area contributed by atoms with Gasteiger partial charge in [-0.25, -0.2) is 4.79 Å². The summed E-state index contributed by atoms with van der Waals surface area (Å²) in [6.07, 6.45) is 0. The number of carboxylic acid groups (broad SMARTS) is 1. The minimum Gasteiger partial charge on any atom is -0.476 e. The molecule has 0 aliphatic carbocycles. The van der Waals surface area contributed by atoms with Crippen LogP contribution in [0.3, 0.4) is 0 Å². The largest absolute Gasteiger partial charge is 0.476 e. The molecule has 0 radical (unpaired) electrons. The summed E-state index contributed by atoms with van der Waals surface area (Å²) in [4.78, 5) is 12.9. The van der Waals surface area contributed by atoms with Crippen molar-refractivity contribution in [2.24, 2.45) is 7.05 Å². The van der Waals surface area contributed by atoms with Gasteiger partial charge in [0, 0.05) is 31.2 Å². The summed E-state index contributed by atoms with van der Waals surface area (Å²) in [6, 6.07) is 7.44. The Kier molecular flexibility index (Phi) is 3.61. The summed E-state index contributed by atoms with van der Waals surface area (Å²) in [5, 5.41) is 12.9. The fourth-order valence-corrected chi connectivity index (χ4v) is 2.46. The number of benzene rings is 1. The van der Waals surface area contributed by atoms with Crippen LogP contribution in [0.2, 0.25) is 0 Å².